The summed E-state index contributed by atoms with van der Waals surface area (Å²) in [4.78, 5) is 24.8. The van der Waals surface area contributed by atoms with Crippen molar-refractivity contribution in [2.45, 2.75) is 33.3 Å². The summed E-state index contributed by atoms with van der Waals surface area (Å²) >= 11 is 0. The molecular weight excluding hydrogens is 382 g/mol. The molecule has 0 aliphatic carbocycles. The highest BCUT2D eigenvalue weighted by molar-refractivity contribution is 5.95. The van der Waals surface area contributed by atoms with Crippen molar-refractivity contribution in [1.29, 1.82) is 0 Å². The molecule has 1 unspecified atom stereocenters. The van der Waals surface area contributed by atoms with Crippen LogP contribution in [0.4, 0.5) is 5.69 Å². The zero-order chi connectivity index (χ0) is 21.7. The molecule has 0 radical (unpaired) electrons. The van der Waals surface area contributed by atoms with Crippen LogP contribution in [0.25, 0.3) is 5.69 Å². The molecule has 0 aliphatic rings. The van der Waals surface area contributed by atoms with Crippen LogP contribution >= 0.6 is 0 Å². The summed E-state index contributed by atoms with van der Waals surface area (Å²) in [6.45, 7) is 5.31. The molecule has 0 spiro atoms. The molecular formula is C23H25N3O4. The van der Waals surface area contributed by atoms with E-state index in [2.05, 4.69) is 10.4 Å². The number of methoxy groups -OCH3 is 1. The molecule has 1 N–H and O–H groups in total. The van der Waals surface area contributed by atoms with E-state index in [0.29, 0.717) is 11.4 Å². The van der Waals surface area contributed by atoms with Gasteiger partial charge < -0.3 is 14.8 Å². The van der Waals surface area contributed by atoms with E-state index < -0.39 is 18.0 Å². The SMILES string of the molecule is COc1ccc(NC(=O)C(C)OC(=O)Cc2c(C)nn(-c3ccccc3)c2C)cc1. The van der Waals surface area contributed by atoms with E-state index in [0.717, 1.165) is 22.6 Å². The lowest BCUT2D eigenvalue weighted by atomic mass is 10.1. The van der Waals surface area contributed by atoms with Gasteiger partial charge in [0.05, 0.1) is 24.9 Å². The second-order valence-corrected chi connectivity index (χ2v) is 6.92. The number of aromatic nitrogens is 2. The summed E-state index contributed by atoms with van der Waals surface area (Å²) in [6.07, 6.45) is -0.880. The molecule has 0 aliphatic heterocycles. The third-order valence-corrected chi connectivity index (χ3v) is 4.80. The molecule has 0 saturated heterocycles. The molecule has 30 heavy (non-hydrogen) atoms. The number of esters is 1. The van der Waals surface area contributed by atoms with Gasteiger partial charge in [-0.3, -0.25) is 9.59 Å². The van der Waals surface area contributed by atoms with Gasteiger partial charge in [-0.1, -0.05) is 18.2 Å². The van der Waals surface area contributed by atoms with Crippen LogP contribution in [0.3, 0.4) is 0 Å². The Labute approximate surface area is 175 Å². The van der Waals surface area contributed by atoms with Crippen molar-refractivity contribution in [3.05, 3.63) is 71.5 Å². The van der Waals surface area contributed by atoms with Gasteiger partial charge in [-0.25, -0.2) is 4.68 Å². The minimum Gasteiger partial charge on any atom is -0.497 e. The third-order valence-electron chi connectivity index (χ3n) is 4.80. The van der Waals surface area contributed by atoms with Crippen LogP contribution in [0, 0.1) is 13.8 Å². The quantitative estimate of drug-likeness (QED) is 0.605. The first-order chi connectivity index (χ1) is 14.4. The van der Waals surface area contributed by atoms with Crippen LogP contribution in [0.5, 0.6) is 5.75 Å². The van der Waals surface area contributed by atoms with Gasteiger partial charge >= 0.3 is 5.97 Å². The highest BCUT2D eigenvalue weighted by atomic mass is 16.5. The molecule has 0 saturated carbocycles. The summed E-state index contributed by atoms with van der Waals surface area (Å²) in [7, 11) is 1.57. The van der Waals surface area contributed by atoms with Crippen molar-refractivity contribution >= 4 is 17.6 Å². The van der Waals surface area contributed by atoms with E-state index in [1.807, 2.05) is 44.2 Å². The van der Waals surface area contributed by atoms with E-state index in [4.69, 9.17) is 9.47 Å². The van der Waals surface area contributed by atoms with E-state index in [-0.39, 0.29) is 6.42 Å². The number of carbonyl (C=O) groups excluding carboxylic acids is 2. The maximum atomic E-state index is 12.5. The molecule has 1 amide bonds. The summed E-state index contributed by atoms with van der Waals surface area (Å²) in [6, 6.07) is 16.6. The highest BCUT2D eigenvalue weighted by Crippen LogP contribution is 2.19. The lowest BCUT2D eigenvalue weighted by molar-refractivity contribution is -0.152. The second-order valence-electron chi connectivity index (χ2n) is 6.92. The predicted molar refractivity (Wildman–Crippen MR) is 114 cm³/mol. The van der Waals surface area contributed by atoms with Crippen molar-refractivity contribution < 1.29 is 19.1 Å². The van der Waals surface area contributed by atoms with Crippen LogP contribution in [0.2, 0.25) is 0 Å². The molecule has 0 fully saturated rings. The third kappa shape index (κ3) is 4.86. The Kier molecular flexibility index (Phi) is 6.51. The minimum atomic E-state index is -0.926. The topological polar surface area (TPSA) is 82.4 Å². The molecule has 1 atom stereocenters. The largest absolute Gasteiger partial charge is 0.497 e. The van der Waals surface area contributed by atoms with Gasteiger partial charge in [0.15, 0.2) is 6.10 Å². The number of para-hydroxylation sites is 1. The van der Waals surface area contributed by atoms with Crippen LogP contribution in [0.15, 0.2) is 54.6 Å². The fourth-order valence-corrected chi connectivity index (χ4v) is 3.11. The number of rotatable bonds is 7. The second kappa shape index (κ2) is 9.26. The highest BCUT2D eigenvalue weighted by Gasteiger charge is 2.21. The molecule has 3 rings (SSSR count). The van der Waals surface area contributed by atoms with Gasteiger partial charge in [0.2, 0.25) is 0 Å². The molecule has 2 aromatic carbocycles. The van der Waals surface area contributed by atoms with Gasteiger partial charge in [0.25, 0.3) is 5.91 Å². The number of nitrogens with zero attached hydrogens (tertiary/aromatic N) is 2. The molecule has 1 heterocycles. The van der Waals surface area contributed by atoms with Gasteiger partial charge in [-0.2, -0.15) is 5.10 Å². The maximum Gasteiger partial charge on any atom is 0.311 e. The van der Waals surface area contributed by atoms with Gasteiger partial charge in [-0.05, 0) is 57.2 Å². The number of hydrogen-bond donors (Lipinski definition) is 1. The lowest BCUT2D eigenvalue weighted by Crippen LogP contribution is -2.30. The monoisotopic (exact) mass is 407 g/mol. The summed E-state index contributed by atoms with van der Waals surface area (Å²) < 4.78 is 12.2. The zero-order valence-corrected chi connectivity index (χ0v) is 17.5. The molecule has 1 aromatic heterocycles. The molecule has 0 bridgehead atoms. The fraction of sp³-hybridized carbons (Fsp3) is 0.261. The normalized spacial score (nSPS) is 11.6. The number of hydrogen-bond acceptors (Lipinski definition) is 5. The average molecular weight is 407 g/mol. The van der Waals surface area contributed by atoms with E-state index in [1.165, 1.54) is 0 Å². The Morgan fingerprint density at radius 1 is 1.07 bits per heavy atom. The Hall–Kier alpha value is -3.61. The van der Waals surface area contributed by atoms with Crippen LogP contribution in [-0.2, 0) is 20.7 Å². The van der Waals surface area contributed by atoms with Gasteiger partial charge in [0.1, 0.15) is 5.75 Å². The first-order valence-corrected chi connectivity index (χ1v) is 9.64. The minimum absolute atomic E-state index is 0.0463. The van der Waals surface area contributed by atoms with E-state index in [9.17, 15) is 9.59 Å². The summed E-state index contributed by atoms with van der Waals surface area (Å²) in [5, 5.41) is 7.26. The summed E-state index contributed by atoms with van der Waals surface area (Å²) in [5.41, 5.74) is 3.94. The van der Waals surface area contributed by atoms with Crippen molar-refractivity contribution in [2.75, 3.05) is 12.4 Å². The Morgan fingerprint density at radius 2 is 1.73 bits per heavy atom. The molecule has 7 heteroatoms. The Balaban J connectivity index is 1.62. The van der Waals surface area contributed by atoms with Gasteiger partial charge in [0, 0.05) is 16.9 Å². The predicted octanol–water partition coefficient (Wildman–Crippen LogP) is 3.61. The van der Waals surface area contributed by atoms with E-state index in [1.54, 1.807) is 43.0 Å². The number of aryl methyl sites for hydroxylation is 1. The Bertz CT molecular complexity index is 1030. The van der Waals surface area contributed by atoms with E-state index >= 15 is 0 Å². The molecule has 7 nitrogen and oxygen atoms in total. The number of anilines is 1. The van der Waals surface area contributed by atoms with Crippen LogP contribution < -0.4 is 10.1 Å². The smallest absolute Gasteiger partial charge is 0.311 e. The maximum absolute atomic E-state index is 12.5. The van der Waals surface area contributed by atoms with Crippen molar-refractivity contribution in [3.63, 3.8) is 0 Å². The Morgan fingerprint density at radius 3 is 2.37 bits per heavy atom. The number of benzene rings is 2. The van der Waals surface area contributed by atoms with Crippen molar-refractivity contribution in [2.24, 2.45) is 0 Å². The first-order valence-electron chi connectivity index (χ1n) is 9.64. The molecule has 156 valence electrons. The van der Waals surface area contributed by atoms with Gasteiger partial charge in [-0.15, -0.1) is 0 Å². The number of carbonyl (C=O) groups is 2. The standard InChI is InChI=1S/C23H25N3O4/c1-15-21(16(2)26(25-15)19-8-6-5-7-9-19)14-22(27)30-17(3)23(28)24-18-10-12-20(29-4)13-11-18/h5-13,17H,14H2,1-4H3,(H,24,28). The average Bonchev–Trinajstić information content (AvgIpc) is 3.03. The first kappa shape index (κ1) is 21.1. The number of amides is 1. The number of nitrogens with one attached hydrogen (secondary N) is 1. The summed E-state index contributed by atoms with van der Waals surface area (Å²) in [5.74, 6) is -0.192. The zero-order valence-electron chi connectivity index (χ0n) is 17.5. The van der Waals surface area contributed by atoms with Crippen LogP contribution in [0.1, 0.15) is 23.9 Å². The van der Waals surface area contributed by atoms with Crippen molar-refractivity contribution in [1.82, 2.24) is 9.78 Å². The lowest BCUT2D eigenvalue weighted by Gasteiger charge is -2.14. The fourth-order valence-electron chi connectivity index (χ4n) is 3.11. The van der Waals surface area contributed by atoms with Crippen molar-refractivity contribution in [3.8, 4) is 11.4 Å². The van der Waals surface area contributed by atoms with Crippen LogP contribution in [-0.4, -0.2) is 34.9 Å². The molecule has 3 aromatic rings. The number of ether oxygens (including phenoxy) is 2.